The van der Waals surface area contributed by atoms with Crippen LogP contribution in [-0.4, -0.2) is 13.1 Å². The molecular formula is C9H17N. The molecule has 0 radical (unpaired) electrons. The average Bonchev–Trinajstić information content (AvgIpc) is 1.97. The van der Waals surface area contributed by atoms with Crippen molar-refractivity contribution in [2.75, 3.05) is 13.1 Å². The predicted molar refractivity (Wildman–Crippen MR) is 47.1 cm³/mol. The summed E-state index contributed by atoms with van der Waals surface area (Å²) in [6.07, 6.45) is 8.43. The van der Waals surface area contributed by atoms with Crippen molar-refractivity contribution in [3.05, 3.63) is 24.8 Å². The van der Waals surface area contributed by atoms with Gasteiger partial charge in [0.2, 0.25) is 0 Å². The summed E-state index contributed by atoms with van der Waals surface area (Å²) >= 11 is 0. The van der Waals surface area contributed by atoms with E-state index < -0.39 is 0 Å². The Morgan fingerprint density at radius 1 is 1.40 bits per heavy atom. The first-order valence-corrected chi connectivity index (χ1v) is 3.88. The van der Waals surface area contributed by atoms with Gasteiger partial charge in [0.05, 0.1) is 0 Å². The minimum absolute atomic E-state index is 0.988. The standard InChI is InChI=1S/C9H17N/c1-3-5-7-9-10-8-6-4-2/h4-5,7,10H,2-3,6,8-9H2,1H3/b7-5+. The number of nitrogens with one attached hydrogen (secondary N) is 1. The van der Waals surface area contributed by atoms with E-state index in [0.717, 1.165) is 25.9 Å². The molecule has 10 heavy (non-hydrogen) atoms. The van der Waals surface area contributed by atoms with Crippen molar-refractivity contribution in [3.8, 4) is 0 Å². The second-order valence-electron chi connectivity index (χ2n) is 2.16. The fraction of sp³-hybridized carbons (Fsp3) is 0.556. The maximum Gasteiger partial charge on any atom is 0.0135 e. The lowest BCUT2D eigenvalue weighted by Crippen LogP contribution is -2.13. The zero-order valence-corrected chi connectivity index (χ0v) is 6.77. The Labute approximate surface area is 63.8 Å². The first kappa shape index (κ1) is 9.44. The molecular weight excluding hydrogens is 122 g/mol. The van der Waals surface area contributed by atoms with Crippen molar-refractivity contribution >= 4 is 0 Å². The fourth-order valence-corrected chi connectivity index (χ4v) is 0.640. The molecule has 0 rings (SSSR count). The van der Waals surface area contributed by atoms with E-state index in [0.29, 0.717) is 0 Å². The minimum Gasteiger partial charge on any atom is -0.313 e. The second kappa shape index (κ2) is 8.44. The highest BCUT2D eigenvalue weighted by Gasteiger charge is 1.77. The van der Waals surface area contributed by atoms with Gasteiger partial charge in [0.25, 0.3) is 0 Å². The van der Waals surface area contributed by atoms with Crippen LogP contribution in [0.25, 0.3) is 0 Å². The Bertz CT molecular complexity index is 94.9. The second-order valence-corrected chi connectivity index (χ2v) is 2.16. The van der Waals surface area contributed by atoms with E-state index in [1.807, 2.05) is 6.08 Å². The summed E-state index contributed by atoms with van der Waals surface area (Å²) in [4.78, 5) is 0. The zero-order valence-electron chi connectivity index (χ0n) is 6.77. The Kier molecular flexibility index (Phi) is 7.97. The van der Waals surface area contributed by atoms with Crippen LogP contribution in [0.5, 0.6) is 0 Å². The molecule has 0 aliphatic heterocycles. The molecule has 0 amide bonds. The summed E-state index contributed by atoms with van der Waals surface area (Å²) in [7, 11) is 0. The SMILES string of the molecule is C=CCCNC/C=C/CC. The number of allylic oxidation sites excluding steroid dienone is 1. The molecule has 0 atom stereocenters. The van der Waals surface area contributed by atoms with Crippen LogP contribution in [0.15, 0.2) is 24.8 Å². The van der Waals surface area contributed by atoms with E-state index in [9.17, 15) is 0 Å². The monoisotopic (exact) mass is 139 g/mol. The van der Waals surface area contributed by atoms with E-state index >= 15 is 0 Å². The Balaban J connectivity index is 2.89. The Morgan fingerprint density at radius 2 is 2.20 bits per heavy atom. The molecule has 1 nitrogen and oxygen atoms in total. The summed E-state index contributed by atoms with van der Waals surface area (Å²) in [6, 6.07) is 0. The lowest BCUT2D eigenvalue weighted by molar-refractivity contribution is 0.756. The van der Waals surface area contributed by atoms with Gasteiger partial charge in [-0.25, -0.2) is 0 Å². The molecule has 1 N–H and O–H groups in total. The maximum absolute atomic E-state index is 3.64. The van der Waals surface area contributed by atoms with E-state index in [1.165, 1.54) is 0 Å². The van der Waals surface area contributed by atoms with Gasteiger partial charge in [-0.15, -0.1) is 6.58 Å². The summed E-state index contributed by atoms with van der Waals surface area (Å²) in [6.45, 7) is 7.80. The molecule has 0 saturated carbocycles. The van der Waals surface area contributed by atoms with Crippen LogP contribution in [0, 0.1) is 0 Å². The third-order valence-electron chi connectivity index (χ3n) is 1.19. The molecule has 58 valence electrons. The largest absolute Gasteiger partial charge is 0.313 e. The van der Waals surface area contributed by atoms with Gasteiger partial charge in [0.1, 0.15) is 0 Å². The smallest absolute Gasteiger partial charge is 0.0135 e. The lowest BCUT2D eigenvalue weighted by Gasteiger charge is -1.95. The normalized spacial score (nSPS) is 10.5. The highest BCUT2D eigenvalue weighted by molar-refractivity contribution is 4.82. The summed E-state index contributed by atoms with van der Waals surface area (Å²) in [5.41, 5.74) is 0. The summed E-state index contributed by atoms with van der Waals surface area (Å²) in [5.74, 6) is 0. The van der Waals surface area contributed by atoms with Crippen LogP contribution in [0.1, 0.15) is 19.8 Å². The maximum atomic E-state index is 3.64. The van der Waals surface area contributed by atoms with Crippen molar-refractivity contribution in [1.82, 2.24) is 5.32 Å². The van der Waals surface area contributed by atoms with E-state index in [-0.39, 0.29) is 0 Å². The zero-order chi connectivity index (χ0) is 7.66. The highest BCUT2D eigenvalue weighted by atomic mass is 14.8. The van der Waals surface area contributed by atoms with Gasteiger partial charge in [-0.1, -0.05) is 25.2 Å². The molecule has 0 aromatic heterocycles. The van der Waals surface area contributed by atoms with Crippen LogP contribution in [0.2, 0.25) is 0 Å². The third kappa shape index (κ3) is 7.44. The molecule has 0 heterocycles. The van der Waals surface area contributed by atoms with Crippen molar-refractivity contribution in [2.45, 2.75) is 19.8 Å². The van der Waals surface area contributed by atoms with Crippen molar-refractivity contribution in [3.63, 3.8) is 0 Å². The Morgan fingerprint density at radius 3 is 2.80 bits per heavy atom. The summed E-state index contributed by atoms with van der Waals surface area (Å²) < 4.78 is 0. The molecule has 0 aromatic carbocycles. The van der Waals surface area contributed by atoms with E-state index in [1.54, 1.807) is 0 Å². The quantitative estimate of drug-likeness (QED) is 0.439. The van der Waals surface area contributed by atoms with Crippen LogP contribution in [0.4, 0.5) is 0 Å². The molecule has 0 fully saturated rings. The van der Waals surface area contributed by atoms with E-state index in [2.05, 4.69) is 31.0 Å². The van der Waals surface area contributed by atoms with Crippen molar-refractivity contribution in [1.29, 1.82) is 0 Å². The molecule has 0 unspecified atom stereocenters. The molecule has 0 saturated heterocycles. The van der Waals surface area contributed by atoms with Gasteiger partial charge in [0, 0.05) is 6.54 Å². The average molecular weight is 139 g/mol. The molecule has 0 aliphatic rings. The fourth-order valence-electron chi connectivity index (χ4n) is 0.640. The van der Waals surface area contributed by atoms with Gasteiger partial charge < -0.3 is 5.32 Å². The highest BCUT2D eigenvalue weighted by Crippen LogP contribution is 1.78. The van der Waals surface area contributed by atoms with Gasteiger partial charge in [-0.3, -0.25) is 0 Å². The molecule has 0 aromatic rings. The molecule has 1 heteroatoms. The third-order valence-corrected chi connectivity index (χ3v) is 1.19. The van der Waals surface area contributed by atoms with Gasteiger partial charge in [-0.05, 0) is 19.4 Å². The topological polar surface area (TPSA) is 12.0 Å². The van der Waals surface area contributed by atoms with Gasteiger partial charge in [-0.2, -0.15) is 0 Å². The molecule has 0 aliphatic carbocycles. The predicted octanol–water partition coefficient (Wildman–Crippen LogP) is 2.12. The first-order valence-electron chi connectivity index (χ1n) is 3.88. The number of hydrogen-bond acceptors (Lipinski definition) is 1. The van der Waals surface area contributed by atoms with Crippen molar-refractivity contribution < 1.29 is 0 Å². The van der Waals surface area contributed by atoms with Crippen LogP contribution < -0.4 is 5.32 Å². The Hall–Kier alpha value is -0.560. The number of rotatable bonds is 6. The van der Waals surface area contributed by atoms with Crippen LogP contribution in [0.3, 0.4) is 0 Å². The van der Waals surface area contributed by atoms with Crippen LogP contribution in [-0.2, 0) is 0 Å². The lowest BCUT2D eigenvalue weighted by atomic mass is 10.4. The van der Waals surface area contributed by atoms with Crippen molar-refractivity contribution in [2.24, 2.45) is 0 Å². The minimum atomic E-state index is 0.988. The molecule has 0 bridgehead atoms. The number of hydrogen-bond donors (Lipinski definition) is 1. The van der Waals surface area contributed by atoms with Gasteiger partial charge in [0.15, 0.2) is 0 Å². The van der Waals surface area contributed by atoms with Crippen LogP contribution >= 0.6 is 0 Å². The summed E-state index contributed by atoms with van der Waals surface area (Å²) in [5, 5.41) is 3.26. The van der Waals surface area contributed by atoms with E-state index in [4.69, 9.17) is 0 Å². The molecule has 0 spiro atoms. The first-order chi connectivity index (χ1) is 4.91. The van der Waals surface area contributed by atoms with Gasteiger partial charge >= 0.3 is 0 Å².